The van der Waals surface area contributed by atoms with Crippen LogP contribution in [0.4, 0.5) is 0 Å². The van der Waals surface area contributed by atoms with E-state index in [1.165, 1.54) is 0 Å². The van der Waals surface area contributed by atoms with Gasteiger partial charge in [-0.1, -0.05) is 44.2 Å². The quantitative estimate of drug-likeness (QED) is 0.703. The molecule has 0 amide bonds. The Labute approximate surface area is 112 Å². The van der Waals surface area contributed by atoms with E-state index in [1.807, 2.05) is 48.1 Å². The van der Waals surface area contributed by atoms with Crippen LogP contribution in [0, 0.1) is 0 Å². The predicted molar refractivity (Wildman–Crippen MR) is 75.8 cm³/mol. The van der Waals surface area contributed by atoms with Crippen LogP contribution in [0.3, 0.4) is 0 Å². The molecule has 3 rings (SSSR count). The molecule has 0 saturated carbocycles. The Hall–Kier alpha value is -2.23. The lowest BCUT2D eigenvalue weighted by atomic mass is 10.1. The molecule has 0 saturated heterocycles. The molecule has 0 atom stereocenters. The van der Waals surface area contributed by atoms with E-state index in [0.717, 1.165) is 22.7 Å². The molecule has 0 N–H and O–H groups in total. The van der Waals surface area contributed by atoms with Crippen LogP contribution in [0.5, 0.6) is 0 Å². The van der Waals surface area contributed by atoms with Crippen LogP contribution in [0.1, 0.15) is 25.5 Å². The Kier molecular flexibility index (Phi) is 2.78. The fourth-order valence-electron chi connectivity index (χ4n) is 2.09. The van der Waals surface area contributed by atoms with Crippen LogP contribution < -0.4 is 0 Å². The largest absolute Gasteiger partial charge is 0.310 e. The van der Waals surface area contributed by atoms with E-state index in [2.05, 4.69) is 28.8 Å². The summed E-state index contributed by atoms with van der Waals surface area (Å²) in [6.45, 7) is 4.23. The number of benzene rings is 1. The summed E-state index contributed by atoms with van der Waals surface area (Å²) in [5.41, 5.74) is 3.61. The monoisotopic (exact) mass is 252 g/mol. The van der Waals surface area contributed by atoms with Crippen molar-refractivity contribution in [3.8, 4) is 11.4 Å². The van der Waals surface area contributed by atoms with Crippen molar-refractivity contribution in [3.05, 3.63) is 42.2 Å². The number of hydrogen-bond donors (Lipinski definition) is 0. The minimum atomic E-state index is 0.368. The summed E-state index contributed by atoms with van der Waals surface area (Å²) in [4.78, 5) is 13.6. The summed E-state index contributed by atoms with van der Waals surface area (Å²) in [6, 6.07) is 10.1. The van der Waals surface area contributed by atoms with Crippen LogP contribution in [0.25, 0.3) is 22.7 Å². The van der Waals surface area contributed by atoms with Gasteiger partial charge in [0.05, 0.1) is 11.9 Å². The summed E-state index contributed by atoms with van der Waals surface area (Å²) >= 11 is 0. The highest BCUT2D eigenvalue weighted by atomic mass is 15.1. The van der Waals surface area contributed by atoms with Crippen molar-refractivity contribution in [3.63, 3.8) is 0 Å². The lowest BCUT2D eigenvalue weighted by Gasteiger charge is -2.04. The smallest absolute Gasteiger partial charge is 0.198 e. The zero-order valence-electron chi connectivity index (χ0n) is 11.3. The van der Waals surface area contributed by atoms with Gasteiger partial charge in [-0.15, -0.1) is 0 Å². The van der Waals surface area contributed by atoms with E-state index in [4.69, 9.17) is 0 Å². The van der Waals surface area contributed by atoms with Crippen LogP contribution in [0.2, 0.25) is 0 Å². The zero-order chi connectivity index (χ0) is 13.4. The van der Waals surface area contributed by atoms with E-state index >= 15 is 0 Å². The summed E-state index contributed by atoms with van der Waals surface area (Å²) in [7, 11) is 1.98. The predicted octanol–water partition coefficient (Wildman–Crippen LogP) is 3.15. The molecule has 0 aliphatic carbocycles. The molecule has 0 bridgehead atoms. The Morgan fingerprint density at radius 3 is 2.47 bits per heavy atom. The summed E-state index contributed by atoms with van der Waals surface area (Å²) in [6.07, 6.45) is 1.81. The van der Waals surface area contributed by atoms with Crippen molar-refractivity contribution in [1.82, 2.24) is 19.5 Å². The molecule has 0 unspecified atom stereocenters. The van der Waals surface area contributed by atoms with E-state index in [1.54, 1.807) is 0 Å². The van der Waals surface area contributed by atoms with E-state index in [9.17, 15) is 0 Å². The molecule has 2 aromatic heterocycles. The third kappa shape index (κ3) is 1.99. The number of imidazole rings is 1. The lowest BCUT2D eigenvalue weighted by molar-refractivity contribution is 0.812. The average molecular weight is 252 g/mol. The number of nitrogens with zero attached hydrogens (tertiary/aromatic N) is 4. The van der Waals surface area contributed by atoms with E-state index in [-0.39, 0.29) is 0 Å². The second-order valence-corrected chi connectivity index (χ2v) is 4.96. The molecule has 4 heteroatoms. The summed E-state index contributed by atoms with van der Waals surface area (Å²) < 4.78 is 2.00. The van der Waals surface area contributed by atoms with Crippen molar-refractivity contribution in [1.29, 1.82) is 0 Å². The number of rotatable bonds is 2. The van der Waals surface area contributed by atoms with Crippen molar-refractivity contribution in [2.75, 3.05) is 0 Å². The van der Waals surface area contributed by atoms with Gasteiger partial charge in [-0.25, -0.2) is 15.0 Å². The van der Waals surface area contributed by atoms with Crippen LogP contribution in [-0.4, -0.2) is 19.5 Å². The Balaban J connectivity index is 2.21. The van der Waals surface area contributed by atoms with Gasteiger partial charge in [0.15, 0.2) is 11.3 Å². The maximum atomic E-state index is 4.66. The Morgan fingerprint density at radius 2 is 1.79 bits per heavy atom. The second kappa shape index (κ2) is 4.46. The fraction of sp³-hybridized carbons (Fsp3) is 0.267. The van der Waals surface area contributed by atoms with Crippen molar-refractivity contribution in [2.24, 2.45) is 7.05 Å². The summed E-state index contributed by atoms with van der Waals surface area (Å²) in [5.74, 6) is 1.27. The summed E-state index contributed by atoms with van der Waals surface area (Å²) in [5, 5.41) is 0. The zero-order valence-corrected chi connectivity index (χ0v) is 11.3. The molecule has 19 heavy (non-hydrogen) atoms. The maximum Gasteiger partial charge on any atom is 0.198 e. The molecular weight excluding hydrogens is 236 g/mol. The van der Waals surface area contributed by atoms with Crippen LogP contribution in [-0.2, 0) is 7.05 Å². The van der Waals surface area contributed by atoms with Crippen LogP contribution in [0.15, 0.2) is 36.5 Å². The first kappa shape index (κ1) is 11.8. The topological polar surface area (TPSA) is 43.6 Å². The lowest BCUT2D eigenvalue weighted by Crippen LogP contribution is -1.98. The van der Waals surface area contributed by atoms with Crippen molar-refractivity contribution >= 4 is 11.3 Å². The number of fused-ring (bicyclic) bond motifs is 1. The van der Waals surface area contributed by atoms with Crippen LogP contribution >= 0.6 is 0 Å². The SMILES string of the molecule is CC(C)c1cnc2nc(-c3ccccc3)n(C)c2n1. The van der Waals surface area contributed by atoms with Gasteiger partial charge in [0.1, 0.15) is 5.82 Å². The minimum Gasteiger partial charge on any atom is -0.310 e. The molecule has 0 aliphatic rings. The molecular formula is C15H16N4. The first-order chi connectivity index (χ1) is 9.16. The van der Waals surface area contributed by atoms with Gasteiger partial charge in [-0.3, -0.25) is 0 Å². The first-order valence-corrected chi connectivity index (χ1v) is 6.41. The third-order valence-corrected chi connectivity index (χ3v) is 3.22. The molecule has 3 aromatic rings. The highest BCUT2D eigenvalue weighted by Gasteiger charge is 2.13. The van der Waals surface area contributed by atoms with Crippen molar-refractivity contribution < 1.29 is 0 Å². The molecule has 96 valence electrons. The van der Waals surface area contributed by atoms with E-state index < -0.39 is 0 Å². The van der Waals surface area contributed by atoms with Crippen molar-refractivity contribution in [2.45, 2.75) is 19.8 Å². The van der Waals surface area contributed by atoms with E-state index in [0.29, 0.717) is 11.6 Å². The Morgan fingerprint density at radius 1 is 1.05 bits per heavy atom. The van der Waals surface area contributed by atoms with Gasteiger partial charge in [-0.05, 0) is 5.92 Å². The molecule has 4 nitrogen and oxygen atoms in total. The number of aromatic nitrogens is 4. The molecule has 0 radical (unpaired) electrons. The van der Waals surface area contributed by atoms with Gasteiger partial charge in [0.25, 0.3) is 0 Å². The van der Waals surface area contributed by atoms with Gasteiger partial charge < -0.3 is 4.57 Å². The highest BCUT2D eigenvalue weighted by Crippen LogP contribution is 2.22. The van der Waals surface area contributed by atoms with Gasteiger partial charge >= 0.3 is 0 Å². The van der Waals surface area contributed by atoms with Gasteiger partial charge in [0, 0.05) is 12.6 Å². The van der Waals surface area contributed by atoms with Gasteiger partial charge in [0.2, 0.25) is 0 Å². The molecule has 2 heterocycles. The first-order valence-electron chi connectivity index (χ1n) is 6.41. The van der Waals surface area contributed by atoms with Gasteiger partial charge in [-0.2, -0.15) is 0 Å². The third-order valence-electron chi connectivity index (χ3n) is 3.22. The fourth-order valence-corrected chi connectivity index (χ4v) is 2.09. The highest BCUT2D eigenvalue weighted by molar-refractivity contribution is 5.73. The molecule has 0 aliphatic heterocycles. The standard InChI is InChI=1S/C15H16N4/c1-10(2)12-9-16-13-15(17-12)19(3)14(18-13)11-7-5-4-6-8-11/h4-10H,1-3H3. The minimum absolute atomic E-state index is 0.368. The Bertz CT molecular complexity index is 714. The molecule has 0 spiro atoms. The normalized spacial score (nSPS) is 11.4. The average Bonchev–Trinajstić information content (AvgIpc) is 2.77. The number of aryl methyl sites for hydroxylation is 1. The number of hydrogen-bond acceptors (Lipinski definition) is 3. The molecule has 0 fully saturated rings. The second-order valence-electron chi connectivity index (χ2n) is 4.96. The maximum absolute atomic E-state index is 4.66. The molecule has 1 aromatic carbocycles.